The normalized spacial score (nSPS) is 41.3. The van der Waals surface area contributed by atoms with E-state index in [1.54, 1.807) is 0 Å². The van der Waals surface area contributed by atoms with Crippen molar-refractivity contribution >= 4 is 0 Å². The van der Waals surface area contributed by atoms with Gasteiger partial charge in [-0.1, -0.05) is 13.8 Å². The van der Waals surface area contributed by atoms with Gasteiger partial charge in [0.2, 0.25) is 0 Å². The van der Waals surface area contributed by atoms with Gasteiger partial charge in [0, 0.05) is 5.41 Å². The highest BCUT2D eigenvalue weighted by Crippen LogP contribution is 2.31. The zero-order chi connectivity index (χ0) is 7.07. The van der Waals surface area contributed by atoms with Gasteiger partial charge in [-0.3, -0.25) is 0 Å². The first-order valence-corrected chi connectivity index (χ1v) is 3.34. The zero-order valence-electron chi connectivity index (χ0n) is 6.22. The number of rotatable bonds is 0. The summed E-state index contributed by atoms with van der Waals surface area (Å²) in [6, 6.07) is 0. The number of aliphatic hydroxyl groups excluding tert-OH is 1. The van der Waals surface area contributed by atoms with Crippen LogP contribution in [0.2, 0.25) is 0 Å². The lowest BCUT2D eigenvalue weighted by atomic mass is 9.88. The standard InChI is InChI=1S/C7H14O2/c1-5-6(8)7(2,3)4-9-5/h5-6,8H,4H2,1-3H3/t5-,6-/m1/s1. The largest absolute Gasteiger partial charge is 0.390 e. The van der Waals surface area contributed by atoms with Gasteiger partial charge >= 0.3 is 0 Å². The van der Waals surface area contributed by atoms with Crippen molar-refractivity contribution in [1.82, 2.24) is 0 Å². The molecule has 0 radical (unpaired) electrons. The van der Waals surface area contributed by atoms with Gasteiger partial charge in [-0.15, -0.1) is 0 Å². The molecule has 1 fully saturated rings. The van der Waals surface area contributed by atoms with Crippen LogP contribution in [-0.2, 0) is 4.74 Å². The Bertz CT molecular complexity index is 109. The van der Waals surface area contributed by atoms with E-state index in [-0.39, 0.29) is 17.6 Å². The third-order valence-corrected chi connectivity index (χ3v) is 1.96. The predicted octanol–water partition coefficient (Wildman–Crippen LogP) is 0.792. The van der Waals surface area contributed by atoms with E-state index in [2.05, 4.69) is 0 Å². The SMILES string of the molecule is C[C@H]1OCC(C)(C)[C@@H]1O. The Morgan fingerprint density at radius 3 is 2.22 bits per heavy atom. The van der Waals surface area contributed by atoms with Crippen LogP contribution < -0.4 is 0 Å². The number of hydrogen-bond acceptors (Lipinski definition) is 2. The molecule has 54 valence electrons. The lowest BCUT2D eigenvalue weighted by Gasteiger charge is -2.20. The summed E-state index contributed by atoms with van der Waals surface area (Å²) in [6.07, 6.45) is -0.280. The van der Waals surface area contributed by atoms with Crippen LogP contribution in [0.3, 0.4) is 0 Å². The van der Waals surface area contributed by atoms with E-state index in [4.69, 9.17) is 4.74 Å². The summed E-state index contributed by atoms with van der Waals surface area (Å²) in [4.78, 5) is 0. The highest BCUT2D eigenvalue weighted by molar-refractivity contribution is 4.87. The molecular weight excluding hydrogens is 116 g/mol. The maximum absolute atomic E-state index is 9.40. The summed E-state index contributed by atoms with van der Waals surface area (Å²) in [7, 11) is 0. The second-order valence-electron chi connectivity index (χ2n) is 3.45. The zero-order valence-corrected chi connectivity index (χ0v) is 6.22. The van der Waals surface area contributed by atoms with Crippen LogP contribution in [-0.4, -0.2) is 23.9 Å². The smallest absolute Gasteiger partial charge is 0.0871 e. The highest BCUT2D eigenvalue weighted by atomic mass is 16.5. The summed E-state index contributed by atoms with van der Waals surface area (Å²) >= 11 is 0. The maximum Gasteiger partial charge on any atom is 0.0871 e. The third-order valence-electron chi connectivity index (χ3n) is 1.96. The first-order chi connectivity index (χ1) is 4.04. The summed E-state index contributed by atoms with van der Waals surface area (Å²) in [5.41, 5.74) is -0.0422. The van der Waals surface area contributed by atoms with E-state index >= 15 is 0 Å². The van der Waals surface area contributed by atoms with Crippen molar-refractivity contribution in [2.24, 2.45) is 5.41 Å². The minimum absolute atomic E-state index is 0.0139. The van der Waals surface area contributed by atoms with Gasteiger partial charge in [0.1, 0.15) is 0 Å². The summed E-state index contributed by atoms with van der Waals surface area (Å²) < 4.78 is 5.23. The molecule has 0 amide bonds. The van der Waals surface area contributed by atoms with Crippen LogP contribution >= 0.6 is 0 Å². The van der Waals surface area contributed by atoms with Gasteiger partial charge in [0.25, 0.3) is 0 Å². The average molecular weight is 130 g/mol. The summed E-state index contributed by atoms with van der Waals surface area (Å²) in [5, 5.41) is 9.40. The first kappa shape index (κ1) is 7.03. The molecule has 0 aliphatic carbocycles. The summed E-state index contributed by atoms with van der Waals surface area (Å²) in [6.45, 7) is 6.61. The molecule has 2 nitrogen and oxygen atoms in total. The van der Waals surface area contributed by atoms with Gasteiger partial charge < -0.3 is 9.84 Å². The molecule has 1 heterocycles. The van der Waals surface area contributed by atoms with Crippen LogP contribution in [0.4, 0.5) is 0 Å². The van der Waals surface area contributed by atoms with E-state index in [1.165, 1.54) is 0 Å². The van der Waals surface area contributed by atoms with Gasteiger partial charge in [-0.25, -0.2) is 0 Å². The topological polar surface area (TPSA) is 29.5 Å². The lowest BCUT2D eigenvalue weighted by Crippen LogP contribution is -2.30. The maximum atomic E-state index is 9.40. The van der Waals surface area contributed by atoms with Crippen LogP contribution in [0.5, 0.6) is 0 Å². The molecule has 0 aromatic carbocycles. The van der Waals surface area contributed by atoms with Crippen molar-refractivity contribution in [2.45, 2.75) is 33.0 Å². The average Bonchev–Trinajstić information content (AvgIpc) is 1.97. The van der Waals surface area contributed by atoms with Gasteiger partial charge in [-0.05, 0) is 6.92 Å². The van der Waals surface area contributed by atoms with Crippen molar-refractivity contribution in [3.8, 4) is 0 Å². The van der Waals surface area contributed by atoms with Crippen LogP contribution in [0.25, 0.3) is 0 Å². The molecule has 1 aliphatic rings. The molecule has 0 bridgehead atoms. The Morgan fingerprint density at radius 2 is 2.11 bits per heavy atom. The minimum atomic E-state index is -0.294. The van der Waals surface area contributed by atoms with Crippen molar-refractivity contribution in [3.05, 3.63) is 0 Å². The number of ether oxygens (including phenoxy) is 1. The Balaban J connectivity index is 2.62. The van der Waals surface area contributed by atoms with Crippen molar-refractivity contribution in [1.29, 1.82) is 0 Å². The van der Waals surface area contributed by atoms with Crippen LogP contribution in [0.1, 0.15) is 20.8 Å². The quantitative estimate of drug-likeness (QED) is 0.525. The molecule has 0 aromatic rings. The fourth-order valence-electron chi connectivity index (χ4n) is 1.16. The third kappa shape index (κ3) is 1.10. The fraction of sp³-hybridized carbons (Fsp3) is 1.00. The van der Waals surface area contributed by atoms with Crippen LogP contribution in [0.15, 0.2) is 0 Å². The Labute approximate surface area is 55.8 Å². The molecular formula is C7H14O2. The molecule has 1 N–H and O–H groups in total. The molecule has 2 heteroatoms. The van der Waals surface area contributed by atoms with Gasteiger partial charge in [0.15, 0.2) is 0 Å². The Kier molecular flexibility index (Phi) is 1.53. The molecule has 9 heavy (non-hydrogen) atoms. The second-order valence-corrected chi connectivity index (χ2v) is 3.45. The minimum Gasteiger partial charge on any atom is -0.390 e. The first-order valence-electron chi connectivity index (χ1n) is 3.34. The van der Waals surface area contributed by atoms with E-state index in [1.807, 2.05) is 20.8 Å². The van der Waals surface area contributed by atoms with Crippen molar-refractivity contribution in [2.75, 3.05) is 6.61 Å². The van der Waals surface area contributed by atoms with Gasteiger partial charge in [-0.2, -0.15) is 0 Å². The molecule has 1 aliphatic heterocycles. The molecule has 0 saturated carbocycles. The summed E-state index contributed by atoms with van der Waals surface area (Å²) in [5.74, 6) is 0. The van der Waals surface area contributed by atoms with E-state index < -0.39 is 0 Å². The molecule has 2 atom stereocenters. The molecule has 0 spiro atoms. The van der Waals surface area contributed by atoms with Crippen molar-refractivity contribution < 1.29 is 9.84 Å². The highest BCUT2D eigenvalue weighted by Gasteiger charge is 2.39. The van der Waals surface area contributed by atoms with E-state index in [0.717, 1.165) is 0 Å². The van der Waals surface area contributed by atoms with Crippen molar-refractivity contribution in [3.63, 3.8) is 0 Å². The number of hydrogen-bond donors (Lipinski definition) is 1. The van der Waals surface area contributed by atoms with E-state index in [9.17, 15) is 5.11 Å². The Morgan fingerprint density at radius 1 is 1.56 bits per heavy atom. The fourth-order valence-corrected chi connectivity index (χ4v) is 1.16. The predicted molar refractivity (Wildman–Crippen MR) is 35.2 cm³/mol. The molecule has 1 rings (SSSR count). The lowest BCUT2D eigenvalue weighted by molar-refractivity contribution is 0.0430. The van der Waals surface area contributed by atoms with Crippen LogP contribution in [0, 0.1) is 5.41 Å². The molecule has 1 saturated heterocycles. The second kappa shape index (κ2) is 1.96. The molecule has 0 aromatic heterocycles. The van der Waals surface area contributed by atoms with Gasteiger partial charge in [0.05, 0.1) is 18.8 Å². The number of aliphatic hydroxyl groups is 1. The molecule has 0 unspecified atom stereocenters. The monoisotopic (exact) mass is 130 g/mol. The Hall–Kier alpha value is -0.0800. The van der Waals surface area contributed by atoms with E-state index in [0.29, 0.717) is 6.61 Å².